The molecule has 0 saturated heterocycles. The Bertz CT molecular complexity index is 838. The molecule has 0 bridgehead atoms. The fourth-order valence-electron chi connectivity index (χ4n) is 2.13. The van der Waals surface area contributed by atoms with Crippen molar-refractivity contribution >= 4 is 17.5 Å². The van der Waals surface area contributed by atoms with E-state index in [1.807, 2.05) is 31.2 Å². The predicted octanol–water partition coefficient (Wildman–Crippen LogP) is 3.94. The Kier molecular flexibility index (Phi) is 8.94. The molecule has 0 aliphatic rings. The predicted molar refractivity (Wildman–Crippen MR) is 107 cm³/mol. The van der Waals surface area contributed by atoms with Gasteiger partial charge in [-0.1, -0.05) is 23.7 Å². The molecule has 8 heteroatoms. The van der Waals surface area contributed by atoms with Crippen LogP contribution in [-0.4, -0.2) is 34.7 Å². The number of nitrogens with one attached hydrogen (secondary N) is 1. The first kappa shape index (κ1) is 21.4. The van der Waals surface area contributed by atoms with Crippen molar-refractivity contribution in [3.8, 4) is 17.1 Å². The Morgan fingerprint density at radius 1 is 1.25 bits per heavy atom. The maximum atomic E-state index is 11.5. The topological polar surface area (TPSA) is 90.1 Å². The number of hydrogen-bond donors (Lipinski definition) is 1. The van der Waals surface area contributed by atoms with Crippen LogP contribution in [0, 0.1) is 0 Å². The van der Waals surface area contributed by atoms with E-state index in [1.165, 1.54) is 0 Å². The Balaban J connectivity index is 0.000000336. The van der Waals surface area contributed by atoms with Crippen LogP contribution in [0.15, 0.2) is 53.3 Å². The highest BCUT2D eigenvalue weighted by atomic mass is 35.5. The second-order valence-corrected chi connectivity index (χ2v) is 6.20. The third kappa shape index (κ3) is 7.36. The van der Waals surface area contributed by atoms with Crippen LogP contribution in [-0.2, 0) is 11.2 Å². The van der Waals surface area contributed by atoms with Gasteiger partial charge in [-0.15, -0.1) is 0 Å². The summed E-state index contributed by atoms with van der Waals surface area (Å²) in [6.45, 7) is 2.71. The summed E-state index contributed by atoms with van der Waals surface area (Å²) in [6, 6.07) is 11.0. The van der Waals surface area contributed by atoms with Crippen molar-refractivity contribution in [1.29, 1.82) is 0 Å². The summed E-state index contributed by atoms with van der Waals surface area (Å²) in [4.78, 5) is 19.5. The molecule has 1 aromatic carbocycles. The number of methoxy groups -OCH3 is 1. The zero-order valence-electron chi connectivity index (χ0n) is 15.9. The molecule has 2 heterocycles. The van der Waals surface area contributed by atoms with E-state index in [9.17, 15) is 4.79 Å². The fraction of sp³-hybridized carbons (Fsp3) is 0.300. The van der Waals surface area contributed by atoms with Crippen LogP contribution < -0.4 is 10.1 Å². The number of pyridine rings is 1. The van der Waals surface area contributed by atoms with Gasteiger partial charge < -0.3 is 14.6 Å². The van der Waals surface area contributed by atoms with Gasteiger partial charge in [-0.05, 0) is 42.8 Å². The molecule has 0 saturated carbocycles. The number of carbonyl (C=O) groups excluding carboxylic acids is 1. The number of benzene rings is 1. The van der Waals surface area contributed by atoms with Gasteiger partial charge in [0.15, 0.2) is 0 Å². The minimum Gasteiger partial charge on any atom is -0.497 e. The zero-order valence-corrected chi connectivity index (χ0v) is 16.6. The van der Waals surface area contributed by atoms with E-state index in [4.69, 9.17) is 20.9 Å². The summed E-state index contributed by atoms with van der Waals surface area (Å²) in [5, 5.41) is 7.42. The minimum absolute atomic E-state index is 0.000970. The Morgan fingerprint density at radius 3 is 2.61 bits per heavy atom. The molecule has 1 amide bonds. The molecule has 0 atom stereocenters. The van der Waals surface area contributed by atoms with Crippen molar-refractivity contribution in [3.63, 3.8) is 0 Å². The Hall–Kier alpha value is -2.93. The highest BCUT2D eigenvalue weighted by molar-refractivity contribution is 6.30. The highest BCUT2D eigenvalue weighted by Crippen LogP contribution is 2.19. The second kappa shape index (κ2) is 11.7. The Morgan fingerprint density at radius 2 is 2.04 bits per heavy atom. The lowest BCUT2D eigenvalue weighted by molar-refractivity contribution is -0.121. The zero-order chi connectivity index (χ0) is 20.2. The summed E-state index contributed by atoms with van der Waals surface area (Å²) in [6.07, 6.45) is 5.00. The maximum absolute atomic E-state index is 11.5. The molecule has 0 fully saturated rings. The summed E-state index contributed by atoms with van der Waals surface area (Å²) >= 11 is 5.48. The van der Waals surface area contributed by atoms with Crippen LogP contribution in [0.1, 0.15) is 25.7 Å². The lowest BCUT2D eigenvalue weighted by Gasteiger charge is -2.00. The summed E-state index contributed by atoms with van der Waals surface area (Å²) in [5.74, 6) is 1.75. The Labute approximate surface area is 169 Å². The molecule has 148 valence electrons. The van der Waals surface area contributed by atoms with Crippen LogP contribution in [0.3, 0.4) is 0 Å². The normalized spacial score (nSPS) is 9.96. The number of halogens is 1. The van der Waals surface area contributed by atoms with Gasteiger partial charge in [-0.3, -0.25) is 9.78 Å². The van der Waals surface area contributed by atoms with Gasteiger partial charge in [0.2, 0.25) is 17.6 Å². The molecule has 0 aliphatic heterocycles. The molecule has 3 aromatic rings. The summed E-state index contributed by atoms with van der Waals surface area (Å²) < 4.78 is 10.3. The van der Waals surface area contributed by atoms with E-state index < -0.39 is 0 Å². The third-order valence-electron chi connectivity index (χ3n) is 3.58. The summed E-state index contributed by atoms with van der Waals surface area (Å²) in [7, 11) is 1.62. The number of rotatable bonds is 7. The molecular weight excluding hydrogens is 380 g/mol. The minimum atomic E-state index is 0.000970. The molecule has 28 heavy (non-hydrogen) atoms. The van der Waals surface area contributed by atoms with Crippen molar-refractivity contribution in [2.24, 2.45) is 0 Å². The van der Waals surface area contributed by atoms with Crippen molar-refractivity contribution in [1.82, 2.24) is 20.4 Å². The van der Waals surface area contributed by atoms with Crippen LogP contribution in [0.2, 0.25) is 5.02 Å². The standard InChI is InChI=1S/C15H19N3O3.C5H4ClN/c1-3-10-16-13(19)8-9-14-17-15(18-21-14)11-4-6-12(20-2)7-5-11;6-5-2-1-3-7-4-5/h4-7H,3,8-10H2,1-2H3,(H,16,19);1-4H. The van der Waals surface area contributed by atoms with Crippen molar-refractivity contribution < 1.29 is 14.1 Å². The van der Waals surface area contributed by atoms with E-state index in [1.54, 1.807) is 31.6 Å². The molecule has 0 spiro atoms. The highest BCUT2D eigenvalue weighted by Gasteiger charge is 2.10. The van der Waals surface area contributed by atoms with Gasteiger partial charge in [0.25, 0.3) is 0 Å². The number of nitrogens with zero attached hydrogens (tertiary/aromatic N) is 3. The van der Waals surface area contributed by atoms with Crippen molar-refractivity contribution in [2.45, 2.75) is 26.2 Å². The first-order valence-corrected chi connectivity index (χ1v) is 9.29. The molecule has 1 N–H and O–H groups in total. The van der Waals surface area contributed by atoms with Gasteiger partial charge in [-0.2, -0.15) is 4.98 Å². The molecule has 0 radical (unpaired) electrons. The largest absolute Gasteiger partial charge is 0.497 e. The first-order valence-electron chi connectivity index (χ1n) is 8.91. The number of hydrogen-bond acceptors (Lipinski definition) is 6. The first-order chi connectivity index (χ1) is 13.6. The van der Waals surface area contributed by atoms with Crippen LogP contribution in [0.4, 0.5) is 0 Å². The third-order valence-corrected chi connectivity index (χ3v) is 3.80. The van der Waals surface area contributed by atoms with Gasteiger partial charge in [-0.25, -0.2) is 0 Å². The number of aryl methyl sites for hydroxylation is 1. The molecule has 0 aliphatic carbocycles. The van der Waals surface area contributed by atoms with Gasteiger partial charge in [0, 0.05) is 37.3 Å². The quantitative estimate of drug-likeness (QED) is 0.643. The van der Waals surface area contributed by atoms with Gasteiger partial charge in [0.1, 0.15) is 5.75 Å². The van der Waals surface area contributed by atoms with Crippen molar-refractivity contribution in [3.05, 3.63) is 59.7 Å². The van der Waals surface area contributed by atoms with E-state index in [0.717, 1.165) is 17.7 Å². The molecule has 7 nitrogen and oxygen atoms in total. The lowest BCUT2D eigenvalue weighted by atomic mass is 10.2. The lowest BCUT2D eigenvalue weighted by Crippen LogP contribution is -2.24. The monoisotopic (exact) mass is 402 g/mol. The second-order valence-electron chi connectivity index (χ2n) is 5.76. The smallest absolute Gasteiger partial charge is 0.227 e. The van der Waals surface area contributed by atoms with E-state index in [0.29, 0.717) is 36.1 Å². The number of ether oxygens (including phenoxy) is 1. The fourth-order valence-corrected chi connectivity index (χ4v) is 2.26. The van der Waals surface area contributed by atoms with Gasteiger partial charge in [0.05, 0.1) is 12.1 Å². The van der Waals surface area contributed by atoms with E-state index in [-0.39, 0.29) is 5.91 Å². The molecule has 3 rings (SSSR count). The van der Waals surface area contributed by atoms with Gasteiger partial charge >= 0.3 is 0 Å². The SMILES string of the molecule is CCCNC(=O)CCc1nc(-c2ccc(OC)cc2)no1.Clc1cccnc1. The molecular formula is C20H23ClN4O3. The van der Waals surface area contributed by atoms with E-state index in [2.05, 4.69) is 20.4 Å². The average molecular weight is 403 g/mol. The van der Waals surface area contributed by atoms with Crippen LogP contribution in [0.25, 0.3) is 11.4 Å². The maximum Gasteiger partial charge on any atom is 0.227 e. The van der Waals surface area contributed by atoms with Crippen LogP contribution >= 0.6 is 11.6 Å². The molecule has 0 unspecified atom stereocenters. The average Bonchev–Trinajstić information content (AvgIpc) is 3.21. The number of aromatic nitrogens is 3. The van der Waals surface area contributed by atoms with Crippen LogP contribution in [0.5, 0.6) is 5.75 Å². The van der Waals surface area contributed by atoms with Crippen molar-refractivity contribution in [2.75, 3.05) is 13.7 Å². The molecule has 2 aromatic heterocycles. The number of carbonyl (C=O) groups is 1. The number of amides is 1. The van der Waals surface area contributed by atoms with E-state index >= 15 is 0 Å². The summed E-state index contributed by atoms with van der Waals surface area (Å²) in [5.41, 5.74) is 0.848.